The van der Waals surface area contributed by atoms with Crippen LogP contribution in [0, 0.1) is 6.92 Å². The molecule has 5 nitrogen and oxygen atoms in total. The van der Waals surface area contributed by atoms with E-state index in [4.69, 9.17) is 0 Å². The van der Waals surface area contributed by atoms with Crippen molar-refractivity contribution < 1.29 is 14.7 Å². The molecule has 2 aromatic carbocycles. The van der Waals surface area contributed by atoms with Gasteiger partial charge in [-0.15, -0.1) is 0 Å². The molecule has 0 spiro atoms. The van der Waals surface area contributed by atoms with Crippen LogP contribution >= 0.6 is 27.7 Å². The molecule has 0 atom stereocenters. The summed E-state index contributed by atoms with van der Waals surface area (Å²) < 4.78 is 0.921. The predicted molar refractivity (Wildman–Crippen MR) is 103 cm³/mol. The van der Waals surface area contributed by atoms with Crippen LogP contribution in [0.3, 0.4) is 0 Å². The molecule has 0 radical (unpaired) electrons. The lowest BCUT2D eigenvalue weighted by molar-refractivity contribution is -0.115. The number of aryl methyl sites for hydroxylation is 1. The normalized spacial score (nSPS) is 17.1. The van der Waals surface area contributed by atoms with Crippen LogP contribution < -0.4 is 5.32 Å². The van der Waals surface area contributed by atoms with Crippen LogP contribution in [0.2, 0.25) is 0 Å². The molecule has 0 saturated carbocycles. The average molecular weight is 417 g/mol. The van der Waals surface area contributed by atoms with Crippen LogP contribution in [-0.4, -0.2) is 22.2 Å². The van der Waals surface area contributed by atoms with E-state index in [1.54, 1.807) is 18.2 Å². The van der Waals surface area contributed by atoms with Crippen molar-refractivity contribution in [1.82, 2.24) is 5.32 Å². The molecular formula is C18H13BrN2O3S. The molecule has 1 amide bonds. The molecule has 7 heteroatoms. The Balaban J connectivity index is 1.92. The summed E-state index contributed by atoms with van der Waals surface area (Å²) in [4.78, 5) is 28.3. The van der Waals surface area contributed by atoms with Crippen LogP contribution in [0.4, 0.5) is 5.69 Å². The maximum atomic E-state index is 12.1. The lowest BCUT2D eigenvalue weighted by Gasteiger charge is -2.03. The minimum atomic E-state index is -1.06. The third kappa shape index (κ3) is 4.18. The molecule has 0 unspecified atom stereocenters. The first-order chi connectivity index (χ1) is 11.9. The number of aromatic carboxylic acids is 1. The summed E-state index contributed by atoms with van der Waals surface area (Å²) in [6.45, 7) is 1.86. The minimum absolute atomic E-state index is 0.0948. The molecule has 3 rings (SSSR count). The smallest absolute Gasteiger partial charge is 0.337 e. The number of benzene rings is 2. The van der Waals surface area contributed by atoms with Crippen molar-refractivity contribution in [2.45, 2.75) is 6.92 Å². The van der Waals surface area contributed by atoms with Gasteiger partial charge in [0.2, 0.25) is 0 Å². The van der Waals surface area contributed by atoms with Gasteiger partial charge in [-0.2, -0.15) is 0 Å². The lowest BCUT2D eigenvalue weighted by atomic mass is 10.1. The average Bonchev–Trinajstić information content (AvgIpc) is 2.86. The summed E-state index contributed by atoms with van der Waals surface area (Å²) in [5.74, 6) is -1.31. The Bertz CT molecular complexity index is 938. The molecule has 2 N–H and O–H groups in total. The van der Waals surface area contributed by atoms with Gasteiger partial charge in [0.05, 0.1) is 16.2 Å². The number of carboxylic acid groups (broad SMARTS) is 1. The first-order valence-electron chi connectivity index (χ1n) is 7.31. The number of carbonyl (C=O) groups is 2. The van der Waals surface area contributed by atoms with Crippen molar-refractivity contribution >= 4 is 56.5 Å². The highest BCUT2D eigenvalue weighted by molar-refractivity contribution is 9.10. The van der Waals surface area contributed by atoms with E-state index in [1.807, 2.05) is 31.2 Å². The Hall–Kier alpha value is -2.38. The van der Waals surface area contributed by atoms with Crippen molar-refractivity contribution in [3.05, 3.63) is 68.5 Å². The Morgan fingerprint density at radius 1 is 1.28 bits per heavy atom. The lowest BCUT2D eigenvalue weighted by Crippen LogP contribution is -2.19. The first-order valence-corrected chi connectivity index (χ1v) is 8.92. The zero-order valence-corrected chi connectivity index (χ0v) is 15.5. The van der Waals surface area contributed by atoms with Crippen molar-refractivity contribution in [2.75, 3.05) is 0 Å². The Kier molecular flexibility index (Phi) is 5.06. The van der Waals surface area contributed by atoms with Crippen LogP contribution in [0.15, 0.2) is 56.8 Å². The fraction of sp³-hybridized carbons (Fsp3) is 0.0556. The van der Waals surface area contributed by atoms with Crippen molar-refractivity contribution in [3.8, 4) is 0 Å². The number of hydrogen-bond donors (Lipinski definition) is 2. The van der Waals surface area contributed by atoms with Gasteiger partial charge in [0, 0.05) is 4.47 Å². The van der Waals surface area contributed by atoms with Gasteiger partial charge < -0.3 is 10.4 Å². The maximum absolute atomic E-state index is 12.1. The molecule has 2 aromatic rings. The number of amides is 1. The highest BCUT2D eigenvalue weighted by atomic mass is 79.9. The number of halogens is 1. The summed E-state index contributed by atoms with van der Waals surface area (Å²) in [6, 6.07) is 12.5. The largest absolute Gasteiger partial charge is 0.478 e. The molecule has 0 bridgehead atoms. The number of carbonyl (C=O) groups excluding carboxylic acids is 1. The molecule has 0 aromatic heterocycles. The van der Waals surface area contributed by atoms with Crippen LogP contribution in [0.1, 0.15) is 21.5 Å². The fourth-order valence-corrected chi connectivity index (χ4v) is 3.50. The van der Waals surface area contributed by atoms with Crippen molar-refractivity contribution in [1.29, 1.82) is 0 Å². The standard InChI is InChI=1S/C18H13BrN2O3S/c1-10-5-6-13(17(23)24)14(7-10)20-18-21-16(22)15(25-18)9-11-3-2-4-12(19)8-11/h2-9H,1H3,(H,23,24)(H,20,21,22)/b15-9-. The summed E-state index contributed by atoms with van der Waals surface area (Å²) in [7, 11) is 0. The van der Waals surface area contributed by atoms with Crippen LogP contribution in [0.5, 0.6) is 0 Å². The highest BCUT2D eigenvalue weighted by Crippen LogP contribution is 2.30. The van der Waals surface area contributed by atoms with Gasteiger partial charge in [0.15, 0.2) is 5.17 Å². The molecule has 25 heavy (non-hydrogen) atoms. The molecule has 126 valence electrons. The molecule has 1 saturated heterocycles. The van der Waals surface area contributed by atoms with Gasteiger partial charge in [-0.25, -0.2) is 9.79 Å². The summed E-state index contributed by atoms with van der Waals surface area (Å²) in [6.07, 6.45) is 1.77. The first kappa shape index (κ1) is 17.4. The second kappa shape index (κ2) is 7.25. The SMILES string of the molecule is Cc1ccc(C(=O)O)c(N=C2NC(=O)/C(=C/c3cccc(Br)c3)S2)c1. The van der Waals surface area contributed by atoms with Gasteiger partial charge in [-0.05, 0) is 60.2 Å². The summed E-state index contributed by atoms with van der Waals surface area (Å²) in [5.41, 5.74) is 2.19. The minimum Gasteiger partial charge on any atom is -0.478 e. The number of hydrogen-bond acceptors (Lipinski definition) is 4. The zero-order chi connectivity index (χ0) is 18.0. The monoisotopic (exact) mass is 416 g/mol. The highest BCUT2D eigenvalue weighted by Gasteiger charge is 2.24. The third-order valence-electron chi connectivity index (χ3n) is 3.40. The third-order valence-corrected chi connectivity index (χ3v) is 4.81. The number of thioether (sulfide) groups is 1. The van der Waals surface area contributed by atoms with Gasteiger partial charge >= 0.3 is 5.97 Å². The van der Waals surface area contributed by atoms with E-state index >= 15 is 0 Å². The molecule has 0 aliphatic carbocycles. The quantitative estimate of drug-likeness (QED) is 0.728. The second-order valence-electron chi connectivity index (χ2n) is 5.36. The van der Waals surface area contributed by atoms with E-state index < -0.39 is 5.97 Å². The topological polar surface area (TPSA) is 78.8 Å². The van der Waals surface area contributed by atoms with E-state index in [1.165, 1.54) is 17.8 Å². The zero-order valence-electron chi connectivity index (χ0n) is 13.1. The van der Waals surface area contributed by atoms with E-state index in [2.05, 4.69) is 26.2 Å². The molecule has 1 aliphatic rings. The molecule has 1 heterocycles. The Labute approximate surface area is 157 Å². The number of nitrogens with zero attached hydrogens (tertiary/aromatic N) is 1. The van der Waals surface area contributed by atoms with E-state index in [9.17, 15) is 14.7 Å². The number of carboxylic acids is 1. The Morgan fingerprint density at radius 3 is 2.80 bits per heavy atom. The molecule has 1 aliphatic heterocycles. The van der Waals surface area contributed by atoms with E-state index in [0.29, 0.717) is 15.8 Å². The van der Waals surface area contributed by atoms with Crippen LogP contribution in [0.25, 0.3) is 6.08 Å². The predicted octanol–water partition coefficient (Wildman–Crippen LogP) is 4.35. The Morgan fingerprint density at radius 2 is 2.08 bits per heavy atom. The second-order valence-corrected chi connectivity index (χ2v) is 7.31. The summed E-state index contributed by atoms with van der Waals surface area (Å²) in [5, 5.41) is 12.3. The fourth-order valence-electron chi connectivity index (χ4n) is 2.25. The van der Waals surface area contributed by atoms with Crippen LogP contribution in [-0.2, 0) is 4.79 Å². The number of amidine groups is 1. The van der Waals surface area contributed by atoms with Gasteiger partial charge in [-0.3, -0.25) is 4.79 Å². The van der Waals surface area contributed by atoms with Crippen molar-refractivity contribution in [2.24, 2.45) is 4.99 Å². The number of aliphatic imine (C=N–C) groups is 1. The molecular weight excluding hydrogens is 404 g/mol. The molecule has 1 fully saturated rings. The van der Waals surface area contributed by atoms with Gasteiger partial charge in [0.1, 0.15) is 0 Å². The number of nitrogens with one attached hydrogen (secondary N) is 1. The van der Waals surface area contributed by atoms with Gasteiger partial charge in [0.25, 0.3) is 5.91 Å². The van der Waals surface area contributed by atoms with Gasteiger partial charge in [-0.1, -0.05) is 34.1 Å². The van der Waals surface area contributed by atoms with E-state index in [-0.39, 0.29) is 11.5 Å². The number of rotatable bonds is 3. The van der Waals surface area contributed by atoms with E-state index in [0.717, 1.165) is 15.6 Å². The van der Waals surface area contributed by atoms with Crippen molar-refractivity contribution in [3.63, 3.8) is 0 Å². The maximum Gasteiger partial charge on any atom is 0.337 e. The summed E-state index contributed by atoms with van der Waals surface area (Å²) >= 11 is 4.58.